The molecule has 0 aliphatic carbocycles. The molecule has 1 aliphatic rings. The molecule has 2 aromatic carbocycles. The maximum absolute atomic E-state index is 13.0. The van der Waals surface area contributed by atoms with Crippen LogP contribution in [0.4, 0.5) is 10.1 Å². The van der Waals surface area contributed by atoms with E-state index in [1.807, 2.05) is 19.1 Å². The van der Waals surface area contributed by atoms with Crippen LogP contribution >= 0.6 is 0 Å². The molecule has 1 aliphatic heterocycles. The Hall–Kier alpha value is -3.09. The van der Waals surface area contributed by atoms with Crippen LogP contribution in [-0.2, 0) is 14.3 Å². The van der Waals surface area contributed by atoms with Gasteiger partial charge in [-0.05, 0) is 43.3 Å². The van der Waals surface area contributed by atoms with E-state index in [1.54, 1.807) is 29.2 Å². The maximum atomic E-state index is 13.0. The Morgan fingerprint density at radius 2 is 1.57 bits per heavy atom. The molecule has 0 radical (unpaired) electrons. The number of aryl methyl sites for hydroxylation is 1. The number of halogens is 1. The Morgan fingerprint density at radius 3 is 2.21 bits per heavy atom. The molecule has 1 heterocycles. The molecule has 6 nitrogen and oxygen atoms in total. The molecule has 148 valence electrons. The van der Waals surface area contributed by atoms with E-state index in [4.69, 9.17) is 9.47 Å². The quantitative estimate of drug-likeness (QED) is 0.714. The van der Waals surface area contributed by atoms with Crippen LogP contribution in [0.2, 0.25) is 0 Å². The highest BCUT2D eigenvalue weighted by Crippen LogP contribution is 2.17. The molecular formula is C21H23FN2O4. The van der Waals surface area contributed by atoms with Crippen molar-refractivity contribution in [3.8, 4) is 5.75 Å². The summed E-state index contributed by atoms with van der Waals surface area (Å²) in [5.74, 6) is -0.516. The number of nitrogens with zero attached hydrogens (tertiary/aromatic N) is 2. The number of ether oxygens (including phenoxy) is 2. The van der Waals surface area contributed by atoms with E-state index in [1.165, 1.54) is 12.1 Å². The van der Waals surface area contributed by atoms with Gasteiger partial charge in [-0.25, -0.2) is 9.18 Å². The van der Waals surface area contributed by atoms with Gasteiger partial charge in [-0.15, -0.1) is 0 Å². The lowest BCUT2D eigenvalue weighted by atomic mass is 10.2. The third-order valence-electron chi connectivity index (χ3n) is 4.56. The Labute approximate surface area is 163 Å². The smallest absolute Gasteiger partial charge is 0.344 e. The van der Waals surface area contributed by atoms with Crippen molar-refractivity contribution >= 4 is 17.6 Å². The molecule has 0 saturated carbocycles. The average molecular weight is 386 g/mol. The second-order valence-corrected chi connectivity index (χ2v) is 6.61. The number of hydrogen-bond donors (Lipinski definition) is 0. The van der Waals surface area contributed by atoms with Crippen molar-refractivity contribution < 1.29 is 23.5 Å². The first-order valence-electron chi connectivity index (χ1n) is 9.14. The summed E-state index contributed by atoms with van der Waals surface area (Å²) in [5, 5.41) is 0. The summed E-state index contributed by atoms with van der Waals surface area (Å²) in [6, 6.07) is 13.6. The van der Waals surface area contributed by atoms with Crippen molar-refractivity contribution in [2.24, 2.45) is 0 Å². The van der Waals surface area contributed by atoms with Crippen molar-refractivity contribution in [3.05, 3.63) is 59.9 Å². The van der Waals surface area contributed by atoms with Gasteiger partial charge in [0.2, 0.25) is 0 Å². The minimum absolute atomic E-state index is 0.234. The van der Waals surface area contributed by atoms with Gasteiger partial charge in [0.15, 0.2) is 13.2 Å². The predicted octanol–water partition coefficient (Wildman–Crippen LogP) is 2.40. The van der Waals surface area contributed by atoms with Crippen molar-refractivity contribution in [2.45, 2.75) is 6.92 Å². The monoisotopic (exact) mass is 386 g/mol. The molecule has 0 N–H and O–H groups in total. The summed E-state index contributed by atoms with van der Waals surface area (Å²) in [6.07, 6.45) is 0. The van der Waals surface area contributed by atoms with E-state index >= 15 is 0 Å². The largest absolute Gasteiger partial charge is 0.482 e. The fraction of sp³-hybridized carbons (Fsp3) is 0.333. The molecule has 2 aromatic rings. The Bertz CT molecular complexity index is 800. The lowest BCUT2D eigenvalue weighted by molar-refractivity contribution is -0.153. The van der Waals surface area contributed by atoms with Gasteiger partial charge in [-0.1, -0.05) is 17.7 Å². The fourth-order valence-corrected chi connectivity index (χ4v) is 2.92. The van der Waals surface area contributed by atoms with Crippen molar-refractivity contribution in [1.29, 1.82) is 0 Å². The summed E-state index contributed by atoms with van der Waals surface area (Å²) < 4.78 is 23.4. The number of hydrogen-bond acceptors (Lipinski definition) is 5. The summed E-state index contributed by atoms with van der Waals surface area (Å²) >= 11 is 0. The number of piperazine rings is 1. The number of carbonyl (C=O) groups excluding carboxylic acids is 2. The molecule has 28 heavy (non-hydrogen) atoms. The highest BCUT2D eigenvalue weighted by atomic mass is 19.1. The molecule has 0 atom stereocenters. The van der Waals surface area contributed by atoms with Crippen LogP contribution < -0.4 is 9.64 Å². The molecular weight excluding hydrogens is 363 g/mol. The molecule has 0 unspecified atom stereocenters. The van der Waals surface area contributed by atoms with Gasteiger partial charge in [0.05, 0.1) is 0 Å². The number of benzene rings is 2. The van der Waals surface area contributed by atoms with Gasteiger partial charge in [0.25, 0.3) is 5.91 Å². The van der Waals surface area contributed by atoms with E-state index < -0.39 is 5.97 Å². The minimum Gasteiger partial charge on any atom is -0.482 e. The number of amides is 1. The van der Waals surface area contributed by atoms with Gasteiger partial charge < -0.3 is 19.3 Å². The Morgan fingerprint density at radius 1 is 0.929 bits per heavy atom. The SMILES string of the molecule is Cc1ccc(OCC(=O)OCC(=O)N2CCN(c3ccc(F)cc3)CC2)cc1. The second kappa shape index (κ2) is 9.21. The topological polar surface area (TPSA) is 59.1 Å². The Balaban J connectivity index is 1.37. The van der Waals surface area contributed by atoms with Crippen LogP contribution in [0.1, 0.15) is 5.56 Å². The normalized spacial score (nSPS) is 13.9. The molecule has 7 heteroatoms. The second-order valence-electron chi connectivity index (χ2n) is 6.61. The van der Waals surface area contributed by atoms with Gasteiger partial charge in [-0.3, -0.25) is 4.79 Å². The molecule has 1 fully saturated rings. The van der Waals surface area contributed by atoms with E-state index in [-0.39, 0.29) is 24.9 Å². The van der Waals surface area contributed by atoms with Crippen LogP contribution in [0.15, 0.2) is 48.5 Å². The average Bonchev–Trinajstić information content (AvgIpc) is 2.72. The fourth-order valence-electron chi connectivity index (χ4n) is 2.92. The van der Waals surface area contributed by atoms with Crippen LogP contribution in [-0.4, -0.2) is 56.2 Å². The summed E-state index contributed by atoms with van der Waals surface area (Å²) in [7, 11) is 0. The van der Waals surface area contributed by atoms with Crippen LogP contribution in [0.5, 0.6) is 5.75 Å². The van der Waals surface area contributed by atoms with E-state index in [0.717, 1.165) is 11.3 Å². The first-order chi connectivity index (χ1) is 13.5. The van der Waals surface area contributed by atoms with Crippen molar-refractivity contribution in [3.63, 3.8) is 0 Å². The number of rotatable bonds is 6. The van der Waals surface area contributed by atoms with Crippen LogP contribution in [0.25, 0.3) is 0 Å². The summed E-state index contributed by atoms with van der Waals surface area (Å²) in [4.78, 5) is 27.8. The third-order valence-corrected chi connectivity index (χ3v) is 4.56. The van der Waals surface area contributed by atoms with Gasteiger partial charge >= 0.3 is 5.97 Å². The zero-order valence-electron chi connectivity index (χ0n) is 15.8. The first kappa shape index (κ1) is 19.7. The number of carbonyl (C=O) groups is 2. The predicted molar refractivity (Wildman–Crippen MR) is 103 cm³/mol. The van der Waals surface area contributed by atoms with Gasteiger partial charge in [0.1, 0.15) is 11.6 Å². The molecule has 1 saturated heterocycles. The maximum Gasteiger partial charge on any atom is 0.344 e. The molecule has 0 aromatic heterocycles. The zero-order valence-corrected chi connectivity index (χ0v) is 15.8. The summed E-state index contributed by atoms with van der Waals surface area (Å²) in [6.45, 7) is 3.75. The highest BCUT2D eigenvalue weighted by Gasteiger charge is 2.22. The van der Waals surface area contributed by atoms with Crippen LogP contribution in [0, 0.1) is 12.7 Å². The van der Waals surface area contributed by atoms with E-state index in [9.17, 15) is 14.0 Å². The summed E-state index contributed by atoms with van der Waals surface area (Å²) in [5.41, 5.74) is 2.02. The van der Waals surface area contributed by atoms with Crippen LogP contribution in [0.3, 0.4) is 0 Å². The van der Waals surface area contributed by atoms with Gasteiger partial charge in [0, 0.05) is 31.9 Å². The van der Waals surface area contributed by atoms with E-state index in [2.05, 4.69) is 4.90 Å². The number of anilines is 1. The molecule has 0 spiro atoms. The molecule has 1 amide bonds. The van der Waals surface area contributed by atoms with E-state index in [0.29, 0.717) is 31.9 Å². The lowest BCUT2D eigenvalue weighted by Gasteiger charge is -2.36. The van der Waals surface area contributed by atoms with Crippen molar-refractivity contribution in [1.82, 2.24) is 4.90 Å². The number of esters is 1. The zero-order chi connectivity index (χ0) is 19.9. The minimum atomic E-state index is -0.584. The third kappa shape index (κ3) is 5.45. The van der Waals surface area contributed by atoms with Gasteiger partial charge in [-0.2, -0.15) is 0 Å². The highest BCUT2D eigenvalue weighted by molar-refractivity contribution is 5.81. The lowest BCUT2D eigenvalue weighted by Crippen LogP contribution is -2.50. The standard InChI is InChI=1S/C21H23FN2O4/c1-16-2-8-19(9-3-16)27-15-21(26)28-14-20(25)24-12-10-23(11-13-24)18-6-4-17(22)5-7-18/h2-9H,10-15H2,1H3. The van der Waals surface area contributed by atoms with Crippen molar-refractivity contribution in [2.75, 3.05) is 44.3 Å². The molecule has 0 bridgehead atoms. The Kier molecular flexibility index (Phi) is 6.47. The molecule has 3 rings (SSSR count). The first-order valence-corrected chi connectivity index (χ1v) is 9.14.